The molecule has 7 heterocycles. The van der Waals surface area contributed by atoms with Crippen LogP contribution in [0.3, 0.4) is 0 Å². The van der Waals surface area contributed by atoms with E-state index in [4.69, 9.17) is 19.7 Å². The zero-order valence-corrected chi connectivity index (χ0v) is 41.9. The smallest absolute Gasteiger partial charge is 0.254 e. The number of halogens is 1. The van der Waals surface area contributed by atoms with E-state index >= 15 is 0 Å². The molecule has 2 aromatic carbocycles. The summed E-state index contributed by atoms with van der Waals surface area (Å²) in [7, 11) is 2.02. The number of nitrogens with zero attached hydrogens (tertiary/aromatic N) is 11. The molecule has 2 saturated carbocycles. The van der Waals surface area contributed by atoms with Crippen LogP contribution in [0.15, 0.2) is 75.8 Å². The van der Waals surface area contributed by atoms with Gasteiger partial charge in [-0.05, 0) is 107 Å². The van der Waals surface area contributed by atoms with Crippen LogP contribution in [-0.2, 0) is 0 Å². The minimum atomic E-state index is -1.02. The van der Waals surface area contributed by atoms with E-state index in [1.807, 2.05) is 76.2 Å². The monoisotopic (exact) mass is 985 g/mol. The van der Waals surface area contributed by atoms with Crippen LogP contribution in [0.1, 0.15) is 125 Å². The van der Waals surface area contributed by atoms with Crippen molar-refractivity contribution in [3.05, 3.63) is 71.7 Å². The van der Waals surface area contributed by atoms with Gasteiger partial charge in [0.25, 0.3) is 11.8 Å². The molecule has 2 aliphatic carbocycles. The molecule has 19 nitrogen and oxygen atoms in total. The summed E-state index contributed by atoms with van der Waals surface area (Å²) in [5.41, 5.74) is 11.2. The third-order valence-electron chi connectivity index (χ3n) is 15.9. The highest BCUT2D eigenvalue weighted by molar-refractivity contribution is 6.02. The Bertz CT molecular complexity index is 2600. The van der Waals surface area contributed by atoms with Gasteiger partial charge in [0.15, 0.2) is 17.9 Å². The fourth-order valence-electron chi connectivity index (χ4n) is 11.9. The predicted octanol–water partition coefficient (Wildman–Crippen LogP) is 6.69. The zero-order chi connectivity index (χ0) is 49.5. The number of hydrogen-bond acceptors (Lipinski definition) is 17. The largest absolute Gasteiger partial charge is 0.491 e. The summed E-state index contributed by atoms with van der Waals surface area (Å²) < 4.78 is 21.2. The van der Waals surface area contributed by atoms with Gasteiger partial charge in [0.05, 0.1) is 37.1 Å². The molecule has 4 fully saturated rings. The van der Waals surface area contributed by atoms with E-state index in [2.05, 4.69) is 74.6 Å². The first kappa shape index (κ1) is 47.5. The first-order valence-electron chi connectivity index (χ1n) is 26.4. The number of nitrogens with one attached hydrogen (secondary N) is 5. The Balaban J connectivity index is 0.838. The first-order valence-corrected chi connectivity index (χ1v) is 26.4. The molecule has 20 heteroatoms. The molecule has 5 N–H and O–H groups in total. The normalized spacial score (nSPS) is 25.8. The highest BCUT2D eigenvalue weighted by Crippen LogP contribution is 2.43. The molecule has 2 saturated heterocycles. The Morgan fingerprint density at radius 1 is 0.889 bits per heavy atom. The number of alkyl halides is 1. The third-order valence-corrected chi connectivity index (χ3v) is 15.9. The molecule has 6 aliphatic heterocycles. The second-order valence-electron chi connectivity index (χ2n) is 20.6. The number of aromatic nitrogens is 2. The van der Waals surface area contributed by atoms with Crippen LogP contribution in [0, 0.1) is 0 Å². The number of amides is 2. The van der Waals surface area contributed by atoms with Crippen molar-refractivity contribution >= 4 is 59.2 Å². The first-order chi connectivity index (χ1) is 35.1. The third kappa shape index (κ3) is 9.16. The van der Waals surface area contributed by atoms with Crippen LogP contribution in [0.25, 0.3) is 0 Å². The SMILES string of the molecule is CCC(C)NC(=O)c1ccc(Nc2ncc3c(n2)N(C2CCCC2)[C@H](CCCOc2cc(C(=O)N4CC[C@H](F)C4)ccc2NC2N=C4C(=CN2C)N2C=NNC2[C@@H](CC)N4C2CCCC2)C2NN=CN32)cc1. The molecule has 8 aliphatic rings. The lowest BCUT2D eigenvalue weighted by atomic mass is 9.99. The van der Waals surface area contributed by atoms with Gasteiger partial charge in [0.1, 0.15) is 48.3 Å². The standard InChI is InChI=1S/C52H69FN16O3/c1-5-32(3)57-49(70)33-17-20-36(21-18-33)58-51-54-27-42-45(60-51)69(38-14-9-10-15-38)41(48-63-55-30-66(42)48)16-11-25-72-44-26-34(50(71)65-24-23-35(53)28-65)19-22-39(44)59-52-61-46-43(29-64(52)4)67-31-56-62-47(67)40(6-2)68(46)37-12-7-8-13-37/h17-22,26-27,29-32,35,37-38,40-41,47-48,52,59,62-63H,5-16,23-25,28H2,1-4H3,(H,57,70)(H,54,58,60)/t32?,35-,40+,41+,47?,48?,52?/m0/s1. The molecule has 11 rings (SSSR count). The Morgan fingerprint density at radius 3 is 2.31 bits per heavy atom. The van der Waals surface area contributed by atoms with E-state index in [9.17, 15) is 14.0 Å². The molecule has 72 heavy (non-hydrogen) atoms. The lowest BCUT2D eigenvalue weighted by Gasteiger charge is -2.51. The quantitative estimate of drug-likeness (QED) is 0.0956. The van der Waals surface area contributed by atoms with E-state index in [-0.39, 0.29) is 54.9 Å². The molecule has 3 aromatic rings. The summed E-state index contributed by atoms with van der Waals surface area (Å²) in [4.78, 5) is 55.1. The molecule has 1 aromatic heterocycles. The fraction of sp³-hybridized carbons (Fsp3) is 0.558. The zero-order valence-electron chi connectivity index (χ0n) is 41.9. The summed E-state index contributed by atoms with van der Waals surface area (Å²) in [5, 5.41) is 19.2. The van der Waals surface area contributed by atoms with E-state index in [1.54, 1.807) is 11.0 Å². The topological polar surface area (TPSA) is 186 Å². The molecule has 2 amide bonds. The average Bonchev–Trinajstić information content (AvgIpc) is 4.27. The summed E-state index contributed by atoms with van der Waals surface area (Å²) in [6.07, 6.45) is 18.8. The summed E-state index contributed by atoms with van der Waals surface area (Å²) in [6.45, 7) is 7.13. The van der Waals surface area contributed by atoms with Crippen LogP contribution in [0.5, 0.6) is 5.75 Å². The molecule has 4 unspecified atom stereocenters. The Hall–Kier alpha value is -6.86. The maximum atomic E-state index is 14.4. The Labute approximate surface area is 421 Å². The number of piperazine rings is 1. The number of aliphatic imine (C=N–C) groups is 1. The average molecular weight is 985 g/mol. The van der Waals surface area contributed by atoms with Crippen LogP contribution >= 0.6 is 0 Å². The van der Waals surface area contributed by atoms with E-state index in [1.165, 1.54) is 12.8 Å². The lowest BCUT2D eigenvalue weighted by molar-refractivity contribution is 0.0782. The number of fused-ring (bicyclic) bond motifs is 6. The number of amidine groups is 1. The number of hydrazone groups is 2. The van der Waals surface area contributed by atoms with Crippen LogP contribution in [0.4, 0.5) is 33.2 Å². The van der Waals surface area contributed by atoms with Gasteiger partial charge in [-0.15, -0.1) is 0 Å². The van der Waals surface area contributed by atoms with Gasteiger partial charge in [-0.1, -0.05) is 39.5 Å². The van der Waals surface area contributed by atoms with Crippen molar-refractivity contribution in [2.24, 2.45) is 15.2 Å². The number of anilines is 5. The van der Waals surface area contributed by atoms with Crippen molar-refractivity contribution in [1.29, 1.82) is 0 Å². The van der Waals surface area contributed by atoms with Crippen molar-refractivity contribution in [1.82, 2.24) is 45.7 Å². The van der Waals surface area contributed by atoms with E-state index in [0.717, 1.165) is 86.5 Å². The summed E-state index contributed by atoms with van der Waals surface area (Å²) in [5.74, 6) is 2.52. The van der Waals surface area contributed by atoms with Gasteiger partial charge in [0, 0.05) is 54.7 Å². The van der Waals surface area contributed by atoms with Gasteiger partial charge in [-0.25, -0.2) is 14.4 Å². The van der Waals surface area contributed by atoms with Crippen molar-refractivity contribution in [2.75, 3.05) is 47.2 Å². The number of ether oxygens (including phenoxy) is 1. The molecular formula is C52H69FN16O3. The maximum Gasteiger partial charge on any atom is 0.254 e. The number of carbonyl (C=O) groups is 2. The van der Waals surface area contributed by atoms with Gasteiger partial charge < -0.3 is 50.1 Å². The minimum Gasteiger partial charge on any atom is -0.491 e. The van der Waals surface area contributed by atoms with Gasteiger partial charge in [0.2, 0.25) is 5.95 Å². The molecule has 382 valence electrons. The lowest BCUT2D eigenvalue weighted by Crippen LogP contribution is -2.65. The van der Waals surface area contributed by atoms with Crippen molar-refractivity contribution in [3.8, 4) is 5.75 Å². The van der Waals surface area contributed by atoms with Crippen LogP contribution in [0.2, 0.25) is 0 Å². The number of benzene rings is 2. The summed E-state index contributed by atoms with van der Waals surface area (Å²) >= 11 is 0. The van der Waals surface area contributed by atoms with Gasteiger partial charge in [-0.3, -0.25) is 20.4 Å². The Morgan fingerprint density at radius 2 is 1.60 bits per heavy atom. The molecule has 0 radical (unpaired) electrons. The maximum absolute atomic E-state index is 14.4. The van der Waals surface area contributed by atoms with Crippen molar-refractivity contribution in [2.45, 2.75) is 159 Å². The highest BCUT2D eigenvalue weighted by atomic mass is 19.1. The Kier molecular flexibility index (Phi) is 13.4. The van der Waals surface area contributed by atoms with Crippen LogP contribution < -0.4 is 41.3 Å². The number of likely N-dealkylation sites (tertiary alicyclic amines) is 1. The van der Waals surface area contributed by atoms with Gasteiger partial charge in [-0.2, -0.15) is 15.2 Å². The molecule has 0 bridgehead atoms. The second kappa shape index (κ2) is 20.3. The van der Waals surface area contributed by atoms with Crippen molar-refractivity contribution in [3.63, 3.8) is 0 Å². The minimum absolute atomic E-state index is 0.0134. The van der Waals surface area contributed by atoms with E-state index in [0.29, 0.717) is 60.5 Å². The predicted molar refractivity (Wildman–Crippen MR) is 278 cm³/mol. The molecular weight excluding hydrogens is 916 g/mol. The van der Waals surface area contributed by atoms with Gasteiger partial charge >= 0.3 is 0 Å². The molecule has 0 spiro atoms. The molecule has 7 atom stereocenters. The summed E-state index contributed by atoms with van der Waals surface area (Å²) in [6, 6.07) is 13.9. The number of hydrogen-bond donors (Lipinski definition) is 5. The van der Waals surface area contributed by atoms with E-state index < -0.39 is 12.5 Å². The number of rotatable bonds is 16. The fourth-order valence-corrected chi connectivity index (χ4v) is 11.9. The highest BCUT2D eigenvalue weighted by Gasteiger charge is 2.48. The number of carbonyl (C=O) groups excluding carboxylic acids is 2. The van der Waals surface area contributed by atoms with Crippen molar-refractivity contribution < 1.29 is 18.7 Å². The second-order valence-corrected chi connectivity index (χ2v) is 20.6. The van der Waals surface area contributed by atoms with Crippen LogP contribution in [-0.4, -0.2) is 142 Å².